The van der Waals surface area contributed by atoms with Gasteiger partial charge in [-0.1, -0.05) is 18.2 Å². The molecule has 0 aliphatic carbocycles. The van der Waals surface area contributed by atoms with Crippen LogP contribution in [0.4, 0.5) is 0 Å². The second-order valence-corrected chi connectivity index (χ2v) is 5.12. The summed E-state index contributed by atoms with van der Waals surface area (Å²) in [5.41, 5.74) is 1.76. The summed E-state index contributed by atoms with van der Waals surface area (Å²) in [7, 11) is 1.92. The van der Waals surface area contributed by atoms with E-state index >= 15 is 0 Å². The minimum absolute atomic E-state index is 0.0227. The first-order chi connectivity index (χ1) is 9.22. The first-order valence-corrected chi connectivity index (χ1v) is 6.68. The van der Waals surface area contributed by atoms with Crippen LogP contribution in [-0.4, -0.2) is 39.7 Å². The molecule has 1 fully saturated rings. The van der Waals surface area contributed by atoms with Gasteiger partial charge in [0.15, 0.2) is 0 Å². The van der Waals surface area contributed by atoms with Crippen molar-refractivity contribution in [1.82, 2.24) is 9.47 Å². The molecule has 2 aromatic rings. The van der Waals surface area contributed by atoms with Crippen molar-refractivity contribution in [3.63, 3.8) is 0 Å². The molecular formula is C15H18N2O2. The van der Waals surface area contributed by atoms with E-state index in [4.69, 9.17) is 0 Å². The maximum absolute atomic E-state index is 12.6. The molecule has 0 unspecified atom stereocenters. The number of hydrogen-bond acceptors (Lipinski definition) is 2. The first kappa shape index (κ1) is 12.2. The lowest BCUT2D eigenvalue weighted by Gasteiger charge is -2.23. The maximum Gasteiger partial charge on any atom is 0.270 e. The molecule has 1 N–H and O–H groups in total. The summed E-state index contributed by atoms with van der Waals surface area (Å²) in [6.07, 6.45) is 1.87. The monoisotopic (exact) mass is 258 g/mol. The van der Waals surface area contributed by atoms with Crippen molar-refractivity contribution < 1.29 is 9.90 Å². The smallest absolute Gasteiger partial charge is 0.270 e. The second kappa shape index (κ2) is 4.70. The molecule has 1 aromatic heterocycles. The number of benzene rings is 1. The lowest BCUT2D eigenvalue weighted by Crippen LogP contribution is -2.38. The number of amides is 1. The number of likely N-dealkylation sites (tertiary alicyclic amines) is 1. The number of rotatable bonds is 2. The van der Waals surface area contributed by atoms with E-state index in [2.05, 4.69) is 0 Å². The molecule has 3 rings (SSSR count). The highest BCUT2D eigenvalue weighted by Crippen LogP contribution is 2.23. The molecule has 0 saturated carbocycles. The van der Waals surface area contributed by atoms with Gasteiger partial charge in [-0.25, -0.2) is 0 Å². The van der Waals surface area contributed by atoms with Gasteiger partial charge in [-0.2, -0.15) is 0 Å². The fourth-order valence-electron chi connectivity index (χ4n) is 2.93. The third-order valence-corrected chi connectivity index (χ3v) is 4.02. The van der Waals surface area contributed by atoms with E-state index in [1.165, 1.54) is 0 Å². The van der Waals surface area contributed by atoms with E-state index in [9.17, 15) is 9.90 Å². The zero-order chi connectivity index (χ0) is 13.4. The van der Waals surface area contributed by atoms with Gasteiger partial charge in [-0.05, 0) is 25.0 Å². The molecule has 0 spiro atoms. The molecule has 100 valence electrons. The Hall–Kier alpha value is -1.81. The van der Waals surface area contributed by atoms with Crippen LogP contribution in [0.5, 0.6) is 0 Å². The number of aryl methyl sites for hydroxylation is 1. The molecule has 2 heterocycles. The van der Waals surface area contributed by atoms with Gasteiger partial charge in [-0.15, -0.1) is 0 Å². The minimum Gasteiger partial charge on any atom is -0.394 e. The van der Waals surface area contributed by atoms with Crippen molar-refractivity contribution >= 4 is 16.8 Å². The Labute approximate surface area is 112 Å². The number of aliphatic hydroxyl groups is 1. The molecule has 0 bridgehead atoms. The zero-order valence-electron chi connectivity index (χ0n) is 11.0. The highest BCUT2D eigenvalue weighted by molar-refractivity contribution is 5.99. The molecule has 1 aromatic carbocycles. The Morgan fingerprint density at radius 2 is 2.21 bits per heavy atom. The van der Waals surface area contributed by atoms with E-state index in [0.29, 0.717) is 5.69 Å². The average molecular weight is 258 g/mol. The molecule has 1 atom stereocenters. The maximum atomic E-state index is 12.6. The van der Waals surface area contributed by atoms with Gasteiger partial charge in [0, 0.05) is 24.5 Å². The van der Waals surface area contributed by atoms with Crippen molar-refractivity contribution in [2.75, 3.05) is 13.2 Å². The Bertz CT molecular complexity index is 618. The molecular weight excluding hydrogens is 240 g/mol. The van der Waals surface area contributed by atoms with Crippen LogP contribution in [0.2, 0.25) is 0 Å². The number of aliphatic hydroxyl groups excluding tert-OH is 1. The molecule has 1 aliphatic rings. The Balaban J connectivity index is 2.00. The van der Waals surface area contributed by atoms with Crippen molar-refractivity contribution in [3.8, 4) is 0 Å². The highest BCUT2D eigenvalue weighted by atomic mass is 16.3. The van der Waals surface area contributed by atoms with Crippen LogP contribution in [0, 0.1) is 0 Å². The molecule has 4 heteroatoms. The largest absolute Gasteiger partial charge is 0.394 e. The molecule has 4 nitrogen and oxygen atoms in total. The fraction of sp³-hybridized carbons (Fsp3) is 0.400. The fourth-order valence-corrected chi connectivity index (χ4v) is 2.93. The zero-order valence-corrected chi connectivity index (χ0v) is 11.0. The summed E-state index contributed by atoms with van der Waals surface area (Å²) in [6.45, 7) is 0.793. The normalized spacial score (nSPS) is 19.3. The van der Waals surface area contributed by atoms with Crippen LogP contribution in [0.15, 0.2) is 30.3 Å². The summed E-state index contributed by atoms with van der Waals surface area (Å²) in [5.74, 6) is 0.0234. The summed E-state index contributed by atoms with van der Waals surface area (Å²) >= 11 is 0. The van der Waals surface area contributed by atoms with Crippen LogP contribution in [-0.2, 0) is 7.05 Å². The van der Waals surface area contributed by atoms with Gasteiger partial charge in [0.05, 0.1) is 12.6 Å². The van der Waals surface area contributed by atoms with Crippen molar-refractivity contribution in [3.05, 3.63) is 36.0 Å². The van der Waals surface area contributed by atoms with E-state index in [-0.39, 0.29) is 18.6 Å². The van der Waals surface area contributed by atoms with Crippen molar-refractivity contribution in [2.45, 2.75) is 18.9 Å². The Morgan fingerprint density at radius 1 is 1.42 bits per heavy atom. The van der Waals surface area contributed by atoms with Gasteiger partial charge in [0.2, 0.25) is 0 Å². The standard InChI is InChI=1S/C15H18N2O2/c1-16-13-7-3-2-5-11(13)9-14(16)15(19)17-8-4-6-12(17)10-18/h2-3,5,7,9,12,18H,4,6,8,10H2,1H3/t12-/m0/s1. The van der Waals surface area contributed by atoms with E-state index in [0.717, 1.165) is 30.3 Å². The molecule has 1 aliphatic heterocycles. The molecule has 1 amide bonds. The van der Waals surface area contributed by atoms with Gasteiger partial charge < -0.3 is 14.6 Å². The third-order valence-electron chi connectivity index (χ3n) is 4.02. The summed E-state index contributed by atoms with van der Waals surface area (Å²) in [5, 5.41) is 10.4. The van der Waals surface area contributed by atoms with Crippen LogP contribution >= 0.6 is 0 Å². The number of aromatic nitrogens is 1. The SMILES string of the molecule is Cn1c(C(=O)N2CCC[C@H]2CO)cc2ccccc21. The van der Waals surface area contributed by atoms with Crippen LogP contribution in [0.25, 0.3) is 10.9 Å². The summed E-state index contributed by atoms with van der Waals surface area (Å²) < 4.78 is 1.93. The Kier molecular flexibility index (Phi) is 3.03. The third kappa shape index (κ3) is 1.92. The average Bonchev–Trinajstić information content (AvgIpc) is 3.03. The second-order valence-electron chi connectivity index (χ2n) is 5.12. The van der Waals surface area contributed by atoms with Crippen LogP contribution in [0.1, 0.15) is 23.3 Å². The summed E-state index contributed by atoms with van der Waals surface area (Å²) in [4.78, 5) is 14.4. The number of fused-ring (bicyclic) bond motifs is 1. The van der Waals surface area contributed by atoms with Gasteiger partial charge in [-0.3, -0.25) is 4.79 Å². The predicted molar refractivity (Wildman–Crippen MR) is 74.1 cm³/mol. The van der Waals surface area contributed by atoms with Gasteiger partial charge in [0.1, 0.15) is 5.69 Å². The first-order valence-electron chi connectivity index (χ1n) is 6.68. The number of carbonyl (C=O) groups excluding carboxylic acids is 1. The molecule has 0 radical (unpaired) electrons. The number of carbonyl (C=O) groups is 1. The molecule has 19 heavy (non-hydrogen) atoms. The lowest BCUT2D eigenvalue weighted by atomic mass is 10.2. The number of nitrogens with zero attached hydrogens (tertiary/aromatic N) is 2. The van der Waals surface area contributed by atoms with Gasteiger partial charge in [0.25, 0.3) is 5.91 Å². The van der Waals surface area contributed by atoms with Crippen LogP contribution < -0.4 is 0 Å². The predicted octanol–water partition coefficient (Wildman–Crippen LogP) is 1.78. The van der Waals surface area contributed by atoms with E-state index < -0.39 is 0 Å². The van der Waals surface area contributed by atoms with E-state index in [1.807, 2.05) is 41.9 Å². The van der Waals surface area contributed by atoms with Crippen LogP contribution in [0.3, 0.4) is 0 Å². The number of hydrogen-bond donors (Lipinski definition) is 1. The Morgan fingerprint density at radius 3 is 2.95 bits per heavy atom. The summed E-state index contributed by atoms with van der Waals surface area (Å²) in [6, 6.07) is 9.89. The van der Waals surface area contributed by atoms with Crippen molar-refractivity contribution in [1.29, 1.82) is 0 Å². The molecule has 1 saturated heterocycles. The van der Waals surface area contributed by atoms with E-state index in [1.54, 1.807) is 4.90 Å². The topological polar surface area (TPSA) is 45.5 Å². The minimum atomic E-state index is -0.0227. The van der Waals surface area contributed by atoms with Crippen molar-refractivity contribution in [2.24, 2.45) is 7.05 Å². The van der Waals surface area contributed by atoms with Gasteiger partial charge >= 0.3 is 0 Å². The highest BCUT2D eigenvalue weighted by Gasteiger charge is 2.30. The quantitative estimate of drug-likeness (QED) is 0.892. The number of para-hydroxylation sites is 1. The lowest BCUT2D eigenvalue weighted by molar-refractivity contribution is 0.0668.